The van der Waals surface area contributed by atoms with Crippen LogP contribution in [0.15, 0.2) is 42.5 Å². The maximum absolute atomic E-state index is 6.27. The second-order valence-corrected chi connectivity index (χ2v) is 8.85. The van der Waals surface area contributed by atoms with Gasteiger partial charge in [0.2, 0.25) is 0 Å². The summed E-state index contributed by atoms with van der Waals surface area (Å²) in [5.41, 5.74) is 2.39. The molecule has 0 aliphatic carbocycles. The zero-order valence-electron chi connectivity index (χ0n) is 18.0. The molecule has 164 valence electrons. The molecule has 0 spiro atoms. The van der Waals surface area contributed by atoms with Crippen LogP contribution in [0, 0.1) is 0 Å². The van der Waals surface area contributed by atoms with Gasteiger partial charge in [0, 0.05) is 31.6 Å². The Kier molecular flexibility index (Phi) is 8.65. The van der Waals surface area contributed by atoms with Gasteiger partial charge in [0.05, 0.1) is 6.61 Å². The topological polar surface area (TPSA) is 46.2 Å². The van der Waals surface area contributed by atoms with Crippen LogP contribution in [-0.4, -0.2) is 38.8 Å². The number of unbranched alkanes of at least 4 members (excludes halogenated alkanes) is 1. The van der Waals surface area contributed by atoms with E-state index in [1.807, 2.05) is 24.3 Å². The average Bonchev–Trinajstić information content (AvgIpc) is 2.78. The summed E-state index contributed by atoms with van der Waals surface area (Å²) in [4.78, 5) is 0. The SMILES string of the molecule is COCOc1ccc(C2(C)COc3cc(OCOC)ccc3C2CCCCI)cc1. The molecular formula is C24H31IO5. The molecule has 1 aliphatic heterocycles. The molecule has 0 fully saturated rings. The first kappa shape index (κ1) is 23.2. The second-order valence-electron chi connectivity index (χ2n) is 7.77. The molecule has 0 saturated carbocycles. The summed E-state index contributed by atoms with van der Waals surface area (Å²) < 4.78 is 28.6. The van der Waals surface area contributed by atoms with Crippen molar-refractivity contribution in [1.82, 2.24) is 0 Å². The molecule has 0 amide bonds. The van der Waals surface area contributed by atoms with Crippen LogP contribution in [-0.2, 0) is 14.9 Å². The first-order valence-corrected chi connectivity index (χ1v) is 11.8. The third kappa shape index (κ3) is 5.39. The van der Waals surface area contributed by atoms with Gasteiger partial charge in [-0.3, -0.25) is 0 Å². The van der Waals surface area contributed by atoms with Crippen LogP contribution in [0.2, 0.25) is 0 Å². The van der Waals surface area contributed by atoms with E-state index >= 15 is 0 Å². The van der Waals surface area contributed by atoms with Gasteiger partial charge in [0.1, 0.15) is 17.2 Å². The lowest BCUT2D eigenvalue weighted by Crippen LogP contribution is -2.40. The van der Waals surface area contributed by atoms with Crippen molar-refractivity contribution >= 4 is 22.6 Å². The molecule has 6 heteroatoms. The lowest BCUT2D eigenvalue weighted by Gasteiger charge is -2.43. The Morgan fingerprint density at radius 2 is 1.63 bits per heavy atom. The minimum atomic E-state index is -0.118. The van der Waals surface area contributed by atoms with Crippen LogP contribution in [0.1, 0.15) is 43.2 Å². The number of ether oxygens (including phenoxy) is 5. The Bertz CT molecular complexity index is 795. The predicted octanol–water partition coefficient (Wildman–Crippen LogP) is 5.69. The molecule has 0 bridgehead atoms. The zero-order chi connectivity index (χ0) is 21.4. The van der Waals surface area contributed by atoms with E-state index in [-0.39, 0.29) is 19.0 Å². The highest BCUT2D eigenvalue weighted by Gasteiger charge is 2.42. The largest absolute Gasteiger partial charge is 0.492 e. The Morgan fingerprint density at radius 1 is 0.967 bits per heavy atom. The normalized spacial score (nSPS) is 20.3. The van der Waals surface area contributed by atoms with Crippen molar-refractivity contribution < 1.29 is 23.7 Å². The molecule has 1 heterocycles. The molecular weight excluding hydrogens is 495 g/mol. The van der Waals surface area contributed by atoms with E-state index in [4.69, 9.17) is 23.7 Å². The quantitative estimate of drug-likeness (QED) is 0.163. The van der Waals surface area contributed by atoms with Crippen molar-refractivity contribution in [2.24, 2.45) is 0 Å². The van der Waals surface area contributed by atoms with E-state index < -0.39 is 0 Å². The van der Waals surface area contributed by atoms with E-state index in [0.29, 0.717) is 12.5 Å². The number of benzene rings is 2. The van der Waals surface area contributed by atoms with Gasteiger partial charge >= 0.3 is 0 Å². The number of hydrogen-bond acceptors (Lipinski definition) is 5. The summed E-state index contributed by atoms with van der Waals surface area (Å²) in [6.07, 6.45) is 3.54. The Labute approximate surface area is 193 Å². The maximum atomic E-state index is 6.27. The fourth-order valence-corrected chi connectivity index (χ4v) is 4.62. The van der Waals surface area contributed by atoms with Gasteiger partial charge in [0.25, 0.3) is 0 Å². The molecule has 2 unspecified atom stereocenters. The average molecular weight is 526 g/mol. The van der Waals surface area contributed by atoms with Crippen LogP contribution in [0.5, 0.6) is 17.2 Å². The van der Waals surface area contributed by atoms with Crippen LogP contribution < -0.4 is 14.2 Å². The van der Waals surface area contributed by atoms with Crippen molar-refractivity contribution in [3.05, 3.63) is 53.6 Å². The number of halogens is 1. The third-order valence-electron chi connectivity index (χ3n) is 5.73. The standard InChI is InChI=1S/C24H31IO5/c1-24(18-7-9-19(10-8-18)29-16-26-2)15-28-23-14-20(30-17-27-3)11-12-21(23)22(24)6-4-5-13-25/h7-12,14,22H,4-6,13,15-17H2,1-3H3. The lowest BCUT2D eigenvalue weighted by molar-refractivity contribution is 0.0505. The summed E-state index contributed by atoms with van der Waals surface area (Å²) >= 11 is 2.46. The fourth-order valence-electron chi connectivity index (χ4n) is 4.08. The van der Waals surface area contributed by atoms with Gasteiger partial charge in [-0.2, -0.15) is 0 Å². The summed E-state index contributed by atoms with van der Waals surface area (Å²) in [5.74, 6) is 2.86. The van der Waals surface area contributed by atoms with Crippen LogP contribution >= 0.6 is 22.6 Å². The second kappa shape index (κ2) is 11.2. The smallest absolute Gasteiger partial charge is 0.188 e. The molecule has 0 N–H and O–H groups in total. The van der Waals surface area contributed by atoms with E-state index in [0.717, 1.165) is 23.7 Å². The Hall–Kier alpha value is -1.51. The highest BCUT2D eigenvalue weighted by Crippen LogP contribution is 2.49. The molecule has 30 heavy (non-hydrogen) atoms. The van der Waals surface area contributed by atoms with E-state index in [9.17, 15) is 0 Å². The number of hydrogen-bond donors (Lipinski definition) is 0. The molecule has 3 rings (SSSR count). The molecule has 2 aromatic carbocycles. The maximum Gasteiger partial charge on any atom is 0.188 e. The zero-order valence-corrected chi connectivity index (χ0v) is 20.1. The van der Waals surface area contributed by atoms with Gasteiger partial charge in [-0.05, 0) is 46.6 Å². The van der Waals surface area contributed by atoms with E-state index in [1.165, 1.54) is 28.4 Å². The fraction of sp³-hybridized carbons (Fsp3) is 0.500. The van der Waals surface area contributed by atoms with Gasteiger partial charge in [-0.15, -0.1) is 0 Å². The summed E-state index contributed by atoms with van der Waals surface area (Å²) in [6, 6.07) is 14.5. The Balaban J connectivity index is 1.89. The number of fused-ring (bicyclic) bond motifs is 1. The lowest BCUT2D eigenvalue weighted by atomic mass is 9.66. The van der Waals surface area contributed by atoms with E-state index in [2.05, 4.69) is 47.7 Å². The first-order valence-electron chi connectivity index (χ1n) is 10.3. The van der Waals surface area contributed by atoms with Gasteiger partial charge in [-0.25, -0.2) is 0 Å². The number of rotatable bonds is 11. The molecule has 1 aliphatic rings. The van der Waals surface area contributed by atoms with Crippen molar-refractivity contribution in [2.75, 3.05) is 38.8 Å². The van der Waals surface area contributed by atoms with Gasteiger partial charge < -0.3 is 23.7 Å². The predicted molar refractivity (Wildman–Crippen MR) is 126 cm³/mol. The molecule has 5 nitrogen and oxygen atoms in total. The van der Waals surface area contributed by atoms with Crippen LogP contribution in [0.25, 0.3) is 0 Å². The van der Waals surface area contributed by atoms with Gasteiger partial charge in [0.15, 0.2) is 13.6 Å². The molecule has 2 atom stereocenters. The molecule has 0 radical (unpaired) electrons. The minimum absolute atomic E-state index is 0.118. The first-order chi connectivity index (χ1) is 14.6. The van der Waals surface area contributed by atoms with Gasteiger partial charge in [-0.1, -0.05) is 54.1 Å². The molecule has 2 aromatic rings. The van der Waals surface area contributed by atoms with Crippen LogP contribution in [0.3, 0.4) is 0 Å². The van der Waals surface area contributed by atoms with E-state index in [1.54, 1.807) is 14.2 Å². The van der Waals surface area contributed by atoms with Crippen molar-refractivity contribution in [2.45, 2.75) is 37.5 Å². The number of alkyl halides is 1. The van der Waals surface area contributed by atoms with Crippen LogP contribution in [0.4, 0.5) is 0 Å². The molecule has 0 saturated heterocycles. The van der Waals surface area contributed by atoms with Crippen molar-refractivity contribution in [1.29, 1.82) is 0 Å². The Morgan fingerprint density at radius 3 is 2.30 bits per heavy atom. The highest BCUT2D eigenvalue weighted by molar-refractivity contribution is 14.1. The monoisotopic (exact) mass is 526 g/mol. The third-order valence-corrected chi connectivity index (χ3v) is 6.50. The molecule has 0 aromatic heterocycles. The summed E-state index contributed by atoms with van der Waals surface area (Å²) in [5, 5.41) is 0. The number of methoxy groups -OCH3 is 2. The highest BCUT2D eigenvalue weighted by atomic mass is 127. The summed E-state index contributed by atoms with van der Waals surface area (Å²) in [6.45, 7) is 3.42. The van der Waals surface area contributed by atoms with Crippen molar-refractivity contribution in [3.63, 3.8) is 0 Å². The van der Waals surface area contributed by atoms with Crippen molar-refractivity contribution in [3.8, 4) is 17.2 Å². The minimum Gasteiger partial charge on any atom is -0.492 e. The summed E-state index contributed by atoms with van der Waals surface area (Å²) in [7, 11) is 3.24.